The highest BCUT2D eigenvalue weighted by atomic mass is 32.2. The average molecular weight is 237 g/mol. The molecule has 1 heterocycles. The van der Waals surface area contributed by atoms with Gasteiger partial charge in [-0.25, -0.2) is 0 Å². The third-order valence-corrected chi connectivity index (χ3v) is 3.70. The molecule has 0 saturated heterocycles. The lowest BCUT2D eigenvalue weighted by Crippen LogP contribution is -2.31. The summed E-state index contributed by atoms with van der Waals surface area (Å²) in [7, 11) is 0. The fourth-order valence-electron chi connectivity index (χ4n) is 1.85. The molecule has 1 aromatic rings. The van der Waals surface area contributed by atoms with Crippen molar-refractivity contribution in [3.63, 3.8) is 0 Å². The number of hydrogen-bond donors (Lipinski definition) is 1. The van der Waals surface area contributed by atoms with Crippen LogP contribution in [0.25, 0.3) is 0 Å². The lowest BCUT2D eigenvalue weighted by atomic mass is 10.2. The summed E-state index contributed by atoms with van der Waals surface area (Å²) in [6.45, 7) is 3.62. The van der Waals surface area contributed by atoms with Crippen LogP contribution >= 0.6 is 11.8 Å². The van der Waals surface area contributed by atoms with Crippen LogP contribution in [0.1, 0.15) is 12.0 Å². The van der Waals surface area contributed by atoms with Crippen molar-refractivity contribution in [2.24, 2.45) is 0 Å². The van der Waals surface area contributed by atoms with E-state index in [1.54, 1.807) is 0 Å². The molecule has 3 nitrogen and oxygen atoms in total. The van der Waals surface area contributed by atoms with Crippen molar-refractivity contribution in [3.05, 3.63) is 23.8 Å². The van der Waals surface area contributed by atoms with Gasteiger partial charge in [-0.05, 0) is 24.6 Å². The lowest BCUT2D eigenvalue weighted by molar-refractivity contribution is -0.136. The van der Waals surface area contributed by atoms with Crippen molar-refractivity contribution in [2.45, 2.75) is 18.2 Å². The van der Waals surface area contributed by atoms with Crippen molar-refractivity contribution in [1.29, 1.82) is 0 Å². The number of thioether (sulfide) groups is 1. The molecule has 0 saturated carbocycles. The number of aryl methyl sites for hydroxylation is 1. The van der Waals surface area contributed by atoms with E-state index in [9.17, 15) is 4.79 Å². The molecule has 1 aliphatic rings. The number of benzene rings is 1. The van der Waals surface area contributed by atoms with Crippen LogP contribution in [0.4, 0.5) is 5.69 Å². The molecule has 0 aromatic heterocycles. The molecule has 1 N–H and O–H groups in total. The van der Waals surface area contributed by atoms with Crippen molar-refractivity contribution in [3.8, 4) is 0 Å². The first-order chi connectivity index (χ1) is 7.66. The van der Waals surface area contributed by atoms with Crippen LogP contribution in [0.2, 0.25) is 0 Å². The van der Waals surface area contributed by atoms with Crippen LogP contribution in [-0.2, 0) is 4.79 Å². The molecule has 1 aliphatic heterocycles. The maximum Gasteiger partial charge on any atom is 0.305 e. The van der Waals surface area contributed by atoms with Crippen LogP contribution in [0.15, 0.2) is 23.1 Å². The van der Waals surface area contributed by atoms with E-state index in [-0.39, 0.29) is 6.42 Å². The zero-order valence-electron chi connectivity index (χ0n) is 9.27. The van der Waals surface area contributed by atoms with Gasteiger partial charge in [-0.2, -0.15) is 0 Å². The van der Waals surface area contributed by atoms with Crippen molar-refractivity contribution >= 4 is 23.4 Å². The number of carboxylic acids is 1. The summed E-state index contributed by atoms with van der Waals surface area (Å²) in [6.07, 6.45) is 0.206. The Morgan fingerprint density at radius 3 is 3.12 bits per heavy atom. The number of rotatable bonds is 3. The molecule has 16 heavy (non-hydrogen) atoms. The molecular weight excluding hydrogens is 222 g/mol. The maximum atomic E-state index is 10.6. The number of carboxylic acid groups (broad SMARTS) is 1. The fraction of sp³-hybridized carbons (Fsp3) is 0.417. The maximum absolute atomic E-state index is 10.6. The predicted octanol–water partition coefficient (Wildman–Crippen LogP) is 2.38. The first-order valence-electron chi connectivity index (χ1n) is 5.37. The summed E-state index contributed by atoms with van der Waals surface area (Å²) in [5, 5.41) is 8.70. The van der Waals surface area contributed by atoms with Gasteiger partial charge >= 0.3 is 5.97 Å². The van der Waals surface area contributed by atoms with E-state index in [1.807, 2.05) is 11.8 Å². The minimum atomic E-state index is -0.730. The van der Waals surface area contributed by atoms with Crippen molar-refractivity contribution < 1.29 is 9.90 Å². The van der Waals surface area contributed by atoms with E-state index in [0.717, 1.165) is 12.3 Å². The molecule has 2 rings (SSSR count). The Balaban J connectivity index is 2.16. The van der Waals surface area contributed by atoms with Crippen LogP contribution in [0.5, 0.6) is 0 Å². The number of carbonyl (C=O) groups is 1. The molecule has 0 spiro atoms. The second kappa shape index (κ2) is 4.78. The molecule has 0 unspecified atom stereocenters. The van der Waals surface area contributed by atoms with Gasteiger partial charge in [0.2, 0.25) is 0 Å². The van der Waals surface area contributed by atoms with E-state index in [4.69, 9.17) is 5.11 Å². The minimum absolute atomic E-state index is 0.206. The number of nitrogens with zero attached hydrogens (tertiary/aromatic N) is 1. The molecule has 0 fully saturated rings. The Labute approximate surface area is 99.5 Å². The Kier molecular flexibility index (Phi) is 3.39. The molecular formula is C12H15NO2S. The second-order valence-corrected chi connectivity index (χ2v) is 5.09. The summed E-state index contributed by atoms with van der Waals surface area (Å²) in [5.74, 6) is 0.308. The molecule has 1 aromatic carbocycles. The van der Waals surface area contributed by atoms with E-state index >= 15 is 0 Å². The second-order valence-electron chi connectivity index (χ2n) is 3.95. The highest BCUT2D eigenvalue weighted by Gasteiger charge is 2.17. The van der Waals surface area contributed by atoms with E-state index in [0.29, 0.717) is 6.54 Å². The third kappa shape index (κ3) is 2.50. The zero-order chi connectivity index (χ0) is 11.5. The fourth-order valence-corrected chi connectivity index (χ4v) is 2.99. The Hall–Kier alpha value is -1.16. The van der Waals surface area contributed by atoms with Crippen LogP contribution in [0, 0.1) is 6.92 Å². The van der Waals surface area contributed by atoms with Gasteiger partial charge in [0, 0.05) is 23.7 Å². The van der Waals surface area contributed by atoms with Gasteiger partial charge in [-0.1, -0.05) is 6.07 Å². The van der Waals surface area contributed by atoms with Gasteiger partial charge in [0.05, 0.1) is 12.1 Å². The predicted molar refractivity (Wildman–Crippen MR) is 66.4 cm³/mol. The highest BCUT2D eigenvalue weighted by Crippen LogP contribution is 2.35. The summed E-state index contributed by atoms with van der Waals surface area (Å²) in [6, 6.07) is 6.35. The van der Waals surface area contributed by atoms with Gasteiger partial charge in [0.25, 0.3) is 0 Å². The summed E-state index contributed by atoms with van der Waals surface area (Å²) >= 11 is 1.85. The topological polar surface area (TPSA) is 40.5 Å². The number of hydrogen-bond acceptors (Lipinski definition) is 3. The molecule has 0 radical (unpaired) electrons. The highest BCUT2D eigenvalue weighted by molar-refractivity contribution is 7.99. The Bertz CT molecular complexity index is 406. The minimum Gasteiger partial charge on any atom is -0.481 e. The molecule has 0 bridgehead atoms. The molecule has 0 amide bonds. The van der Waals surface area contributed by atoms with Gasteiger partial charge in [-0.15, -0.1) is 11.8 Å². The first kappa shape index (κ1) is 11.3. The summed E-state index contributed by atoms with van der Waals surface area (Å²) < 4.78 is 0. The van der Waals surface area contributed by atoms with Crippen LogP contribution in [-0.4, -0.2) is 29.9 Å². The van der Waals surface area contributed by atoms with Gasteiger partial charge in [0.1, 0.15) is 0 Å². The van der Waals surface area contributed by atoms with E-state index in [2.05, 4.69) is 30.0 Å². The van der Waals surface area contributed by atoms with Crippen molar-refractivity contribution in [1.82, 2.24) is 0 Å². The number of anilines is 1. The smallest absolute Gasteiger partial charge is 0.305 e. The molecule has 4 heteroatoms. The van der Waals surface area contributed by atoms with Gasteiger partial charge in [-0.3, -0.25) is 4.79 Å². The largest absolute Gasteiger partial charge is 0.481 e. The normalized spacial score (nSPS) is 14.7. The van der Waals surface area contributed by atoms with E-state index < -0.39 is 5.97 Å². The van der Waals surface area contributed by atoms with Crippen LogP contribution in [0.3, 0.4) is 0 Å². The SMILES string of the molecule is Cc1ccc2c(c1)SCCN2CCC(=O)O. The zero-order valence-corrected chi connectivity index (χ0v) is 10.1. The summed E-state index contributed by atoms with van der Waals surface area (Å²) in [4.78, 5) is 14.0. The summed E-state index contributed by atoms with van der Waals surface area (Å²) in [5.41, 5.74) is 2.44. The lowest BCUT2D eigenvalue weighted by Gasteiger charge is -2.30. The standard InChI is InChI=1S/C12H15NO2S/c1-9-2-3-10-11(8-9)16-7-6-13(10)5-4-12(14)15/h2-3,8H,4-7H2,1H3,(H,14,15). The van der Waals surface area contributed by atoms with Crippen molar-refractivity contribution in [2.75, 3.05) is 23.7 Å². The molecule has 86 valence electrons. The molecule has 0 atom stereocenters. The first-order valence-corrected chi connectivity index (χ1v) is 6.35. The molecule has 0 aliphatic carbocycles. The average Bonchev–Trinajstić information content (AvgIpc) is 2.25. The van der Waals surface area contributed by atoms with Gasteiger partial charge < -0.3 is 10.0 Å². The Morgan fingerprint density at radius 1 is 1.56 bits per heavy atom. The van der Waals surface area contributed by atoms with Gasteiger partial charge in [0.15, 0.2) is 0 Å². The van der Waals surface area contributed by atoms with Crippen LogP contribution < -0.4 is 4.90 Å². The third-order valence-electron chi connectivity index (χ3n) is 2.67. The van der Waals surface area contributed by atoms with E-state index in [1.165, 1.54) is 16.1 Å². The quantitative estimate of drug-likeness (QED) is 0.876. The Morgan fingerprint density at radius 2 is 2.38 bits per heavy atom. The number of fused-ring (bicyclic) bond motifs is 1. The number of aliphatic carboxylic acids is 1. The monoisotopic (exact) mass is 237 g/mol.